The Bertz CT molecular complexity index is 395. The van der Waals surface area contributed by atoms with E-state index in [1.54, 1.807) is 0 Å². The number of halogens is 1. The molecular weight excluding hydrogens is 290 g/mol. The van der Waals surface area contributed by atoms with Crippen molar-refractivity contribution >= 4 is 17.4 Å². The van der Waals surface area contributed by atoms with Crippen LogP contribution in [0.1, 0.15) is 19.4 Å². The van der Waals surface area contributed by atoms with E-state index in [0.29, 0.717) is 31.5 Å². The van der Waals surface area contributed by atoms with Crippen LogP contribution in [0, 0.1) is 0 Å². The monoisotopic (exact) mass is 315 g/mol. The van der Waals surface area contributed by atoms with Gasteiger partial charge in [0.25, 0.3) is 0 Å². The molecule has 0 aliphatic heterocycles. The molecule has 0 aromatic carbocycles. The lowest BCUT2D eigenvalue weighted by Crippen LogP contribution is -2.32. The maximum absolute atomic E-state index is 6.37. The van der Waals surface area contributed by atoms with Crippen molar-refractivity contribution in [2.75, 3.05) is 51.5 Å². The molecule has 0 atom stereocenters. The molecular formula is C15H26ClN3O2. The largest absolute Gasteiger partial charge is 0.380 e. The highest BCUT2D eigenvalue weighted by molar-refractivity contribution is 6.33. The molecule has 1 aromatic rings. The number of hydrogen-bond donors (Lipinski definition) is 1. The van der Waals surface area contributed by atoms with Crippen LogP contribution in [0.3, 0.4) is 0 Å². The van der Waals surface area contributed by atoms with Gasteiger partial charge in [-0.2, -0.15) is 0 Å². The van der Waals surface area contributed by atoms with E-state index in [1.807, 2.05) is 33.2 Å². The normalized spacial score (nSPS) is 10.9. The first-order chi connectivity index (χ1) is 10.2. The summed E-state index contributed by atoms with van der Waals surface area (Å²) < 4.78 is 10.9. The van der Waals surface area contributed by atoms with Crippen LogP contribution in [0.25, 0.3) is 0 Å². The molecule has 5 nitrogen and oxygen atoms in total. The maximum atomic E-state index is 6.37. The first kappa shape index (κ1) is 18.2. The average Bonchev–Trinajstić information content (AvgIpc) is 2.47. The van der Waals surface area contributed by atoms with Gasteiger partial charge >= 0.3 is 0 Å². The third-order valence-corrected chi connectivity index (χ3v) is 3.26. The van der Waals surface area contributed by atoms with Crippen LogP contribution in [-0.4, -0.2) is 51.5 Å². The second-order valence-electron chi connectivity index (χ2n) is 4.56. The van der Waals surface area contributed by atoms with Gasteiger partial charge in [-0.1, -0.05) is 11.6 Å². The van der Waals surface area contributed by atoms with Gasteiger partial charge in [0.05, 0.1) is 18.2 Å². The van der Waals surface area contributed by atoms with Crippen molar-refractivity contribution in [1.82, 2.24) is 10.3 Å². The van der Waals surface area contributed by atoms with E-state index in [0.717, 1.165) is 31.0 Å². The van der Waals surface area contributed by atoms with Crippen LogP contribution in [0.15, 0.2) is 12.3 Å². The highest BCUT2D eigenvalue weighted by atomic mass is 35.5. The summed E-state index contributed by atoms with van der Waals surface area (Å²) in [7, 11) is 1.90. The van der Waals surface area contributed by atoms with Crippen molar-refractivity contribution in [3.05, 3.63) is 22.8 Å². The van der Waals surface area contributed by atoms with Gasteiger partial charge in [-0.25, -0.2) is 4.98 Å². The smallest absolute Gasteiger partial charge is 0.147 e. The fourth-order valence-corrected chi connectivity index (χ4v) is 2.27. The Kier molecular flexibility index (Phi) is 9.34. The first-order valence-electron chi connectivity index (χ1n) is 7.42. The quantitative estimate of drug-likeness (QED) is 0.635. The molecule has 120 valence electrons. The number of rotatable bonds is 11. The van der Waals surface area contributed by atoms with Gasteiger partial charge in [-0.3, -0.25) is 0 Å². The lowest BCUT2D eigenvalue weighted by atomic mass is 10.2. The summed E-state index contributed by atoms with van der Waals surface area (Å²) >= 11 is 6.37. The molecule has 1 heterocycles. The van der Waals surface area contributed by atoms with Gasteiger partial charge in [0.1, 0.15) is 5.82 Å². The number of pyridine rings is 1. The Hall–Kier alpha value is -0.880. The van der Waals surface area contributed by atoms with E-state index >= 15 is 0 Å². The highest BCUT2D eigenvalue weighted by Gasteiger charge is 2.12. The molecule has 0 radical (unpaired) electrons. The van der Waals surface area contributed by atoms with Crippen LogP contribution >= 0.6 is 11.6 Å². The fraction of sp³-hybridized carbons (Fsp3) is 0.667. The highest BCUT2D eigenvalue weighted by Crippen LogP contribution is 2.24. The summed E-state index contributed by atoms with van der Waals surface area (Å²) in [6, 6.07) is 1.95. The number of anilines is 1. The van der Waals surface area contributed by atoms with E-state index in [1.165, 1.54) is 0 Å². The molecule has 1 rings (SSSR count). The summed E-state index contributed by atoms with van der Waals surface area (Å²) in [5.74, 6) is 0.788. The molecule has 0 fully saturated rings. The predicted molar refractivity (Wildman–Crippen MR) is 87.2 cm³/mol. The van der Waals surface area contributed by atoms with E-state index in [9.17, 15) is 0 Å². The Morgan fingerprint density at radius 2 is 1.81 bits per heavy atom. The maximum Gasteiger partial charge on any atom is 0.147 e. The zero-order chi connectivity index (χ0) is 15.5. The number of nitrogens with one attached hydrogen (secondary N) is 1. The van der Waals surface area contributed by atoms with Crippen LogP contribution < -0.4 is 10.2 Å². The standard InChI is InChI=1S/C15H26ClN3O2/c1-4-20-8-6-19(7-9-21-5-2)15-14(16)10-13(11-17-3)12-18-15/h10,12,17H,4-9,11H2,1-3H3. The van der Waals surface area contributed by atoms with Gasteiger partial charge in [-0.15, -0.1) is 0 Å². The third-order valence-electron chi connectivity index (χ3n) is 2.98. The van der Waals surface area contributed by atoms with E-state index in [2.05, 4.69) is 15.2 Å². The molecule has 21 heavy (non-hydrogen) atoms. The molecule has 0 saturated heterocycles. The molecule has 0 amide bonds. The van der Waals surface area contributed by atoms with Gasteiger partial charge in [-0.05, 0) is 32.5 Å². The third kappa shape index (κ3) is 6.61. The molecule has 1 N–H and O–H groups in total. The fourth-order valence-electron chi connectivity index (χ4n) is 1.97. The molecule has 1 aromatic heterocycles. The summed E-state index contributed by atoms with van der Waals surface area (Å²) in [5, 5.41) is 3.75. The van der Waals surface area contributed by atoms with E-state index in [-0.39, 0.29) is 0 Å². The predicted octanol–water partition coefficient (Wildman–Crippen LogP) is 2.33. The number of hydrogen-bond acceptors (Lipinski definition) is 5. The minimum atomic E-state index is 0.652. The van der Waals surface area contributed by atoms with Crippen LogP contribution in [0.2, 0.25) is 5.02 Å². The van der Waals surface area contributed by atoms with Gasteiger partial charge in [0.2, 0.25) is 0 Å². The van der Waals surface area contributed by atoms with Crippen molar-refractivity contribution in [2.45, 2.75) is 20.4 Å². The molecule has 6 heteroatoms. The molecule has 0 spiro atoms. The SMILES string of the molecule is CCOCCN(CCOCC)c1ncc(CNC)cc1Cl. The topological polar surface area (TPSA) is 46.6 Å². The Morgan fingerprint density at radius 1 is 1.19 bits per heavy atom. The Morgan fingerprint density at radius 3 is 2.29 bits per heavy atom. The van der Waals surface area contributed by atoms with Crippen molar-refractivity contribution in [1.29, 1.82) is 0 Å². The average molecular weight is 316 g/mol. The van der Waals surface area contributed by atoms with Crippen molar-refractivity contribution in [2.24, 2.45) is 0 Å². The second-order valence-corrected chi connectivity index (χ2v) is 4.97. The minimum Gasteiger partial charge on any atom is -0.380 e. The Balaban J connectivity index is 2.74. The molecule has 0 aliphatic carbocycles. The summed E-state index contributed by atoms with van der Waals surface area (Å²) in [5.41, 5.74) is 1.07. The van der Waals surface area contributed by atoms with Crippen LogP contribution in [0.5, 0.6) is 0 Å². The van der Waals surface area contributed by atoms with Crippen molar-refractivity contribution < 1.29 is 9.47 Å². The van der Waals surface area contributed by atoms with Gasteiger partial charge < -0.3 is 19.7 Å². The van der Waals surface area contributed by atoms with Crippen molar-refractivity contribution in [3.8, 4) is 0 Å². The van der Waals surface area contributed by atoms with E-state index in [4.69, 9.17) is 21.1 Å². The van der Waals surface area contributed by atoms with Gasteiger partial charge in [0, 0.05) is 39.0 Å². The summed E-state index contributed by atoms with van der Waals surface area (Å²) in [4.78, 5) is 6.61. The Labute approximate surface area is 132 Å². The number of ether oxygens (including phenoxy) is 2. The van der Waals surface area contributed by atoms with Crippen LogP contribution in [-0.2, 0) is 16.0 Å². The zero-order valence-corrected chi connectivity index (χ0v) is 13.9. The van der Waals surface area contributed by atoms with E-state index < -0.39 is 0 Å². The number of aromatic nitrogens is 1. The summed E-state index contributed by atoms with van der Waals surface area (Å²) in [6.45, 7) is 8.95. The molecule has 0 saturated carbocycles. The lowest BCUT2D eigenvalue weighted by Gasteiger charge is -2.24. The zero-order valence-electron chi connectivity index (χ0n) is 13.2. The second kappa shape index (κ2) is 10.8. The van der Waals surface area contributed by atoms with Gasteiger partial charge in [0.15, 0.2) is 0 Å². The van der Waals surface area contributed by atoms with Crippen LogP contribution in [0.4, 0.5) is 5.82 Å². The van der Waals surface area contributed by atoms with Crippen molar-refractivity contribution in [3.63, 3.8) is 0 Å². The first-order valence-corrected chi connectivity index (χ1v) is 7.80. The number of nitrogens with zero attached hydrogens (tertiary/aromatic N) is 2. The minimum absolute atomic E-state index is 0.652. The molecule has 0 unspecified atom stereocenters. The summed E-state index contributed by atoms with van der Waals surface area (Å²) in [6.07, 6.45) is 1.85. The lowest BCUT2D eigenvalue weighted by molar-refractivity contribution is 0.141. The molecule has 0 aliphatic rings. The molecule has 0 bridgehead atoms.